The first kappa shape index (κ1) is 29.1. The van der Waals surface area contributed by atoms with Gasteiger partial charge < -0.3 is 20.2 Å². The van der Waals surface area contributed by atoms with Gasteiger partial charge in [0.2, 0.25) is 5.91 Å². The highest BCUT2D eigenvalue weighted by Crippen LogP contribution is 2.71. The van der Waals surface area contributed by atoms with Gasteiger partial charge in [-0.15, -0.1) is 0 Å². The van der Waals surface area contributed by atoms with Crippen molar-refractivity contribution in [2.45, 2.75) is 56.2 Å². The van der Waals surface area contributed by atoms with Gasteiger partial charge in [-0.3, -0.25) is 4.79 Å². The molecule has 1 aliphatic carbocycles. The number of halogens is 6. The minimum atomic E-state index is -4.64. The zero-order valence-electron chi connectivity index (χ0n) is 22.9. The summed E-state index contributed by atoms with van der Waals surface area (Å²) in [6.07, 6.45) is -2.10. The molecule has 1 saturated carbocycles. The quantitative estimate of drug-likeness (QED) is 0.394. The smallest absolute Gasteiger partial charge is 0.395 e. The zero-order chi connectivity index (χ0) is 30.2. The number of carbonyl (C=O) groups excluding carboxylic acids is 1. The van der Waals surface area contributed by atoms with Crippen molar-refractivity contribution < 1.29 is 31.9 Å². The molecule has 2 N–H and O–H groups in total. The number of rotatable bonds is 6. The molecule has 8 nitrogen and oxygen atoms in total. The van der Waals surface area contributed by atoms with Crippen LogP contribution in [0, 0.1) is 5.41 Å². The van der Waals surface area contributed by atoms with Gasteiger partial charge in [-0.1, -0.05) is 23.7 Å². The second kappa shape index (κ2) is 9.75. The molecule has 42 heavy (non-hydrogen) atoms. The molecule has 0 unspecified atom stereocenters. The average Bonchev–Trinajstić information content (AvgIpc) is 3.19. The van der Waals surface area contributed by atoms with Gasteiger partial charge in [-0.05, 0) is 44.4 Å². The molecule has 0 bridgehead atoms. The number of hydrogen-bond acceptors (Lipinski definition) is 6. The van der Waals surface area contributed by atoms with Crippen molar-refractivity contribution in [3.05, 3.63) is 52.9 Å². The molecule has 6 rings (SSSR count). The van der Waals surface area contributed by atoms with E-state index in [2.05, 4.69) is 20.3 Å². The van der Waals surface area contributed by atoms with Crippen molar-refractivity contribution in [1.29, 1.82) is 0 Å². The first-order valence-electron chi connectivity index (χ1n) is 13.7. The molecule has 1 aromatic carbocycles. The van der Waals surface area contributed by atoms with E-state index in [1.165, 1.54) is 48.4 Å². The summed E-state index contributed by atoms with van der Waals surface area (Å²) in [7, 11) is 0. The van der Waals surface area contributed by atoms with Crippen LogP contribution < -0.4 is 10.2 Å². The van der Waals surface area contributed by atoms with E-state index < -0.39 is 41.3 Å². The fraction of sp³-hybridized carbons (Fsp3) is 0.536. The number of hydrogen-bond donors (Lipinski definition) is 2. The maximum absolute atomic E-state index is 15.2. The Morgan fingerprint density at radius 2 is 1.83 bits per heavy atom. The van der Waals surface area contributed by atoms with Crippen LogP contribution in [0.5, 0.6) is 0 Å². The van der Waals surface area contributed by atoms with Crippen molar-refractivity contribution in [2.75, 3.05) is 37.7 Å². The van der Waals surface area contributed by atoms with E-state index in [0.29, 0.717) is 38.2 Å². The number of aliphatic hydroxyl groups is 1. The number of fused-ring (bicyclic) bond motifs is 3. The van der Waals surface area contributed by atoms with Crippen LogP contribution in [-0.2, 0) is 10.2 Å². The highest BCUT2D eigenvalue weighted by atomic mass is 35.5. The SMILES string of the molecule is C[C@@]1(C(F)(F)F)CN(c2ccc([C@H]3C(F)(F)[C@]3(C)C(=O)NC3CCN(CCO)CC3)cc2)c2cnc3cc(Cl)nn3c21. The second-order valence-electron chi connectivity index (χ2n) is 11.8. The van der Waals surface area contributed by atoms with E-state index in [9.17, 15) is 18.0 Å². The number of aromatic nitrogens is 3. The Morgan fingerprint density at radius 1 is 1.17 bits per heavy atom. The molecule has 0 radical (unpaired) electrons. The number of amides is 1. The predicted molar refractivity (Wildman–Crippen MR) is 145 cm³/mol. The Labute approximate surface area is 243 Å². The Hall–Kier alpha value is -3.03. The van der Waals surface area contributed by atoms with E-state index >= 15 is 8.78 Å². The van der Waals surface area contributed by atoms with Gasteiger partial charge >= 0.3 is 6.18 Å². The highest BCUT2D eigenvalue weighted by Gasteiger charge is 2.82. The third-order valence-electron chi connectivity index (χ3n) is 9.25. The molecule has 0 spiro atoms. The van der Waals surface area contributed by atoms with Gasteiger partial charge in [0.1, 0.15) is 10.8 Å². The van der Waals surface area contributed by atoms with Gasteiger partial charge in [0.15, 0.2) is 10.8 Å². The van der Waals surface area contributed by atoms with Crippen LogP contribution in [0.25, 0.3) is 5.65 Å². The topological polar surface area (TPSA) is 86.0 Å². The molecule has 2 aromatic heterocycles. The van der Waals surface area contributed by atoms with Gasteiger partial charge in [-0.2, -0.15) is 18.3 Å². The van der Waals surface area contributed by atoms with Crippen LogP contribution in [0.3, 0.4) is 0 Å². The highest BCUT2D eigenvalue weighted by molar-refractivity contribution is 6.29. The molecule has 3 atom stereocenters. The number of carbonyl (C=O) groups is 1. The van der Waals surface area contributed by atoms with Crippen LogP contribution in [0.4, 0.5) is 33.3 Å². The molecule has 3 aromatic rings. The van der Waals surface area contributed by atoms with Crippen molar-refractivity contribution in [3.63, 3.8) is 0 Å². The van der Waals surface area contributed by atoms with Crippen LogP contribution in [0.1, 0.15) is 43.9 Å². The standard InChI is InChI=1S/C28H30ClF5N6O2/c1-25(28(32,33)34)15-39(19-14-35-21-13-20(29)37-40(21)23(19)25)18-5-3-16(4-6-18)22-26(2,27(22,30)31)24(42)36-17-7-9-38(10-8-17)11-12-41/h3-6,13-14,17,22,41H,7-12,15H2,1-2H3,(H,36,42)/t22-,25-,26+/m1/s1. The largest absolute Gasteiger partial charge is 0.401 e. The molecule has 1 saturated heterocycles. The van der Waals surface area contributed by atoms with Gasteiger partial charge in [0.25, 0.3) is 5.92 Å². The number of anilines is 2. The van der Waals surface area contributed by atoms with Crippen LogP contribution in [0.15, 0.2) is 36.5 Å². The summed E-state index contributed by atoms with van der Waals surface area (Å²) in [5.41, 5.74) is -3.43. The summed E-state index contributed by atoms with van der Waals surface area (Å²) < 4.78 is 74.9. The first-order valence-corrected chi connectivity index (χ1v) is 14.1. The van der Waals surface area contributed by atoms with Crippen LogP contribution >= 0.6 is 11.6 Å². The third-order valence-corrected chi connectivity index (χ3v) is 9.43. The van der Waals surface area contributed by atoms with Crippen molar-refractivity contribution in [3.8, 4) is 0 Å². The Balaban J connectivity index is 1.24. The molecule has 226 valence electrons. The molecule has 14 heteroatoms. The number of likely N-dealkylation sites (tertiary alicyclic amines) is 1. The normalized spacial score (nSPS) is 27.8. The van der Waals surface area contributed by atoms with Crippen LogP contribution in [0.2, 0.25) is 5.15 Å². The number of piperidine rings is 1. The monoisotopic (exact) mass is 612 g/mol. The zero-order valence-corrected chi connectivity index (χ0v) is 23.7. The van der Waals surface area contributed by atoms with Crippen molar-refractivity contribution >= 4 is 34.5 Å². The number of nitrogens with one attached hydrogen (secondary N) is 1. The molecular weight excluding hydrogens is 583 g/mol. The summed E-state index contributed by atoms with van der Waals surface area (Å²) in [6.45, 7) is 3.75. The number of aliphatic hydroxyl groups excluding tert-OH is 1. The van der Waals surface area contributed by atoms with E-state index in [1.807, 2.05) is 0 Å². The fourth-order valence-corrected chi connectivity index (χ4v) is 6.69. The van der Waals surface area contributed by atoms with Crippen LogP contribution in [-0.4, -0.2) is 81.4 Å². The Kier molecular flexibility index (Phi) is 6.74. The fourth-order valence-electron chi connectivity index (χ4n) is 6.52. The summed E-state index contributed by atoms with van der Waals surface area (Å²) in [6, 6.07) is 7.01. The maximum Gasteiger partial charge on any atom is 0.401 e. The minimum absolute atomic E-state index is 0.00725. The lowest BCUT2D eigenvalue weighted by atomic mass is 9.87. The Bertz CT molecular complexity index is 1520. The molecule has 2 aliphatic heterocycles. The van der Waals surface area contributed by atoms with Crippen molar-refractivity contribution in [1.82, 2.24) is 24.8 Å². The van der Waals surface area contributed by atoms with Gasteiger partial charge in [0, 0.05) is 44.0 Å². The van der Waals surface area contributed by atoms with E-state index in [-0.39, 0.29) is 40.4 Å². The lowest BCUT2D eigenvalue weighted by molar-refractivity contribution is -0.181. The minimum Gasteiger partial charge on any atom is -0.395 e. The molecule has 4 heterocycles. The number of benzene rings is 1. The summed E-state index contributed by atoms with van der Waals surface area (Å²) in [4.78, 5) is 20.8. The number of nitrogens with zero attached hydrogens (tertiary/aromatic N) is 5. The van der Waals surface area contributed by atoms with Gasteiger partial charge in [0.05, 0.1) is 30.1 Å². The lowest BCUT2D eigenvalue weighted by Gasteiger charge is -2.32. The predicted octanol–water partition coefficient (Wildman–Crippen LogP) is 4.67. The third kappa shape index (κ3) is 4.26. The lowest BCUT2D eigenvalue weighted by Crippen LogP contribution is -2.47. The van der Waals surface area contributed by atoms with E-state index in [4.69, 9.17) is 16.7 Å². The Morgan fingerprint density at radius 3 is 2.45 bits per heavy atom. The average molecular weight is 613 g/mol. The molecule has 2 fully saturated rings. The van der Waals surface area contributed by atoms with Gasteiger partial charge in [-0.25, -0.2) is 18.3 Å². The summed E-state index contributed by atoms with van der Waals surface area (Å²) in [5, 5.41) is 15.9. The second-order valence-corrected chi connectivity index (χ2v) is 12.2. The molecule has 3 aliphatic rings. The first-order chi connectivity index (χ1) is 19.7. The van der Waals surface area contributed by atoms with Crippen molar-refractivity contribution in [2.24, 2.45) is 5.41 Å². The summed E-state index contributed by atoms with van der Waals surface area (Å²) >= 11 is 5.97. The van der Waals surface area contributed by atoms with E-state index in [1.54, 1.807) is 0 Å². The molecule has 1 amide bonds. The number of β-amino-alcohol motifs (C(OH)–C–C–N with tert-alkyl or cyclic N) is 1. The van der Waals surface area contributed by atoms with E-state index in [0.717, 1.165) is 11.4 Å². The molecular formula is C28H30ClF5N6O2. The summed E-state index contributed by atoms with van der Waals surface area (Å²) in [5.74, 6) is -5.38. The maximum atomic E-state index is 15.2. The number of alkyl halides is 5.